The summed E-state index contributed by atoms with van der Waals surface area (Å²) in [5, 5.41) is 0.778. The van der Waals surface area contributed by atoms with Gasteiger partial charge in [-0.05, 0) is 31.5 Å². The predicted octanol–water partition coefficient (Wildman–Crippen LogP) is 2.91. The second kappa shape index (κ2) is 4.21. The Hall–Kier alpha value is -1.68. The zero-order valence-electron chi connectivity index (χ0n) is 10.1. The summed E-state index contributed by atoms with van der Waals surface area (Å²) in [6.07, 6.45) is 2.38. The summed E-state index contributed by atoms with van der Waals surface area (Å²) in [6.45, 7) is 2.55. The molecule has 0 aliphatic carbocycles. The lowest BCUT2D eigenvalue weighted by atomic mass is 9.92. The quantitative estimate of drug-likeness (QED) is 0.829. The van der Waals surface area contributed by atoms with Gasteiger partial charge in [0.2, 0.25) is 0 Å². The van der Waals surface area contributed by atoms with Gasteiger partial charge in [-0.3, -0.25) is 4.79 Å². The molecule has 18 heavy (non-hydrogen) atoms. The van der Waals surface area contributed by atoms with Crippen molar-refractivity contribution in [3.8, 4) is 0 Å². The maximum atomic E-state index is 13.1. The topological polar surface area (TPSA) is 42.1 Å². The molecule has 1 aromatic heterocycles. The van der Waals surface area contributed by atoms with Gasteiger partial charge in [-0.25, -0.2) is 4.39 Å². The van der Waals surface area contributed by atoms with E-state index in [-0.39, 0.29) is 23.6 Å². The molecule has 1 fully saturated rings. The standard InChI is InChI=1S/C14H14FNO2/c1-8-10(4-5-18-8)14(17)12-7-16-13-6-9(15)2-3-11(12)13/h2-3,6-8,10,16H,4-5H2,1H3. The number of H-pyrrole nitrogens is 1. The Balaban J connectivity index is 2.01. The van der Waals surface area contributed by atoms with E-state index in [1.54, 1.807) is 12.3 Å². The monoisotopic (exact) mass is 247 g/mol. The lowest BCUT2D eigenvalue weighted by Crippen LogP contribution is -2.21. The van der Waals surface area contributed by atoms with Gasteiger partial charge in [0.15, 0.2) is 5.78 Å². The largest absolute Gasteiger partial charge is 0.378 e. The van der Waals surface area contributed by atoms with Gasteiger partial charge >= 0.3 is 0 Å². The number of rotatable bonds is 2. The second-order valence-corrected chi connectivity index (χ2v) is 4.73. The number of hydrogen-bond acceptors (Lipinski definition) is 2. The number of ketones is 1. The number of halogens is 1. The minimum Gasteiger partial charge on any atom is -0.378 e. The molecule has 2 aromatic rings. The average Bonchev–Trinajstić information content (AvgIpc) is 2.94. The molecule has 0 bridgehead atoms. The summed E-state index contributed by atoms with van der Waals surface area (Å²) in [5.74, 6) is -0.312. The van der Waals surface area contributed by atoms with Crippen LogP contribution in [-0.4, -0.2) is 23.5 Å². The van der Waals surface area contributed by atoms with Crippen molar-refractivity contribution in [2.45, 2.75) is 19.4 Å². The van der Waals surface area contributed by atoms with Gasteiger partial charge in [0.25, 0.3) is 0 Å². The predicted molar refractivity (Wildman–Crippen MR) is 66.1 cm³/mol. The number of ether oxygens (including phenoxy) is 1. The van der Waals surface area contributed by atoms with Gasteiger partial charge in [-0.1, -0.05) is 0 Å². The van der Waals surface area contributed by atoms with Crippen molar-refractivity contribution in [3.05, 3.63) is 35.8 Å². The van der Waals surface area contributed by atoms with Crippen LogP contribution in [0.25, 0.3) is 10.9 Å². The maximum absolute atomic E-state index is 13.1. The Bertz CT molecular complexity index is 605. The van der Waals surface area contributed by atoms with Crippen molar-refractivity contribution >= 4 is 16.7 Å². The molecule has 1 aliphatic heterocycles. The lowest BCUT2D eigenvalue weighted by Gasteiger charge is -2.11. The van der Waals surface area contributed by atoms with Crippen LogP contribution in [0, 0.1) is 11.7 Å². The third-order valence-corrected chi connectivity index (χ3v) is 3.62. The molecule has 0 radical (unpaired) electrons. The van der Waals surface area contributed by atoms with Gasteiger partial charge in [-0.15, -0.1) is 0 Å². The Labute approximate surface area is 104 Å². The Morgan fingerprint density at radius 3 is 3.06 bits per heavy atom. The number of carbonyl (C=O) groups excluding carboxylic acids is 1. The molecule has 4 heteroatoms. The first-order chi connectivity index (χ1) is 8.66. The minimum atomic E-state index is -0.305. The maximum Gasteiger partial charge on any atom is 0.170 e. The minimum absolute atomic E-state index is 0.0390. The molecule has 0 spiro atoms. The number of nitrogens with one attached hydrogen (secondary N) is 1. The third-order valence-electron chi connectivity index (χ3n) is 3.62. The summed E-state index contributed by atoms with van der Waals surface area (Å²) in [6, 6.07) is 4.43. The highest BCUT2D eigenvalue weighted by Crippen LogP contribution is 2.28. The van der Waals surface area contributed by atoms with Crippen molar-refractivity contribution in [2.24, 2.45) is 5.92 Å². The lowest BCUT2D eigenvalue weighted by molar-refractivity contribution is 0.0766. The fourth-order valence-corrected chi connectivity index (χ4v) is 2.58. The van der Waals surface area contributed by atoms with E-state index < -0.39 is 0 Å². The number of aromatic amines is 1. The number of carbonyl (C=O) groups is 1. The number of benzene rings is 1. The van der Waals surface area contributed by atoms with Gasteiger partial charge < -0.3 is 9.72 Å². The van der Waals surface area contributed by atoms with Crippen LogP contribution < -0.4 is 0 Å². The molecule has 2 heterocycles. The summed E-state index contributed by atoms with van der Waals surface area (Å²) in [7, 11) is 0. The van der Waals surface area contributed by atoms with Gasteiger partial charge in [0.1, 0.15) is 5.82 Å². The van der Waals surface area contributed by atoms with Crippen LogP contribution in [0.4, 0.5) is 4.39 Å². The molecular formula is C14H14FNO2. The first-order valence-electron chi connectivity index (χ1n) is 6.09. The van der Waals surface area contributed by atoms with Crippen molar-refractivity contribution in [2.75, 3.05) is 6.61 Å². The molecule has 1 saturated heterocycles. The van der Waals surface area contributed by atoms with Gasteiger partial charge in [-0.2, -0.15) is 0 Å². The zero-order chi connectivity index (χ0) is 12.7. The van der Waals surface area contributed by atoms with Crippen LogP contribution in [0.5, 0.6) is 0 Å². The van der Waals surface area contributed by atoms with Crippen LogP contribution in [0.15, 0.2) is 24.4 Å². The molecule has 2 atom stereocenters. The number of hydrogen-bond donors (Lipinski definition) is 1. The summed E-state index contributed by atoms with van der Waals surface area (Å²) in [4.78, 5) is 15.4. The van der Waals surface area contributed by atoms with Crippen LogP contribution in [0.2, 0.25) is 0 Å². The molecule has 1 aromatic carbocycles. The average molecular weight is 247 g/mol. The molecule has 1 aliphatic rings. The SMILES string of the molecule is CC1OCCC1C(=O)c1c[nH]c2cc(F)ccc12. The van der Waals surface area contributed by atoms with Crippen molar-refractivity contribution in [3.63, 3.8) is 0 Å². The van der Waals surface area contributed by atoms with E-state index in [4.69, 9.17) is 4.74 Å². The molecule has 2 unspecified atom stereocenters. The molecular weight excluding hydrogens is 233 g/mol. The van der Waals surface area contributed by atoms with Crippen LogP contribution >= 0.6 is 0 Å². The van der Waals surface area contributed by atoms with E-state index in [2.05, 4.69) is 4.98 Å². The van der Waals surface area contributed by atoms with Crippen LogP contribution in [0.3, 0.4) is 0 Å². The number of fused-ring (bicyclic) bond motifs is 1. The normalized spacial score (nSPS) is 23.7. The van der Waals surface area contributed by atoms with E-state index >= 15 is 0 Å². The van der Waals surface area contributed by atoms with E-state index in [9.17, 15) is 9.18 Å². The van der Waals surface area contributed by atoms with E-state index in [1.165, 1.54) is 12.1 Å². The fraction of sp³-hybridized carbons (Fsp3) is 0.357. The zero-order valence-corrected chi connectivity index (χ0v) is 10.1. The van der Waals surface area contributed by atoms with Gasteiger partial charge in [0.05, 0.1) is 12.0 Å². The molecule has 3 rings (SSSR count). The Kier molecular flexibility index (Phi) is 2.67. The molecule has 94 valence electrons. The van der Waals surface area contributed by atoms with E-state index in [0.717, 1.165) is 11.8 Å². The third kappa shape index (κ3) is 1.73. The van der Waals surface area contributed by atoms with E-state index in [0.29, 0.717) is 17.7 Å². The van der Waals surface area contributed by atoms with E-state index in [1.807, 2.05) is 6.92 Å². The van der Waals surface area contributed by atoms with Crippen LogP contribution in [0.1, 0.15) is 23.7 Å². The molecule has 0 amide bonds. The number of Topliss-reactive ketones (excluding diaryl/α,β-unsaturated/α-hetero) is 1. The Morgan fingerprint density at radius 1 is 1.50 bits per heavy atom. The van der Waals surface area contributed by atoms with Crippen molar-refractivity contribution in [1.29, 1.82) is 0 Å². The highest BCUT2D eigenvalue weighted by molar-refractivity contribution is 6.09. The van der Waals surface area contributed by atoms with Crippen molar-refractivity contribution in [1.82, 2.24) is 4.98 Å². The summed E-state index contributed by atoms with van der Waals surface area (Å²) < 4.78 is 18.5. The molecule has 1 N–H and O–H groups in total. The van der Waals surface area contributed by atoms with Gasteiger partial charge in [0, 0.05) is 29.3 Å². The Morgan fingerprint density at radius 2 is 2.33 bits per heavy atom. The smallest absolute Gasteiger partial charge is 0.170 e. The molecule has 0 saturated carbocycles. The number of aromatic nitrogens is 1. The first-order valence-corrected chi connectivity index (χ1v) is 6.09. The second-order valence-electron chi connectivity index (χ2n) is 4.73. The highest BCUT2D eigenvalue weighted by atomic mass is 19.1. The van der Waals surface area contributed by atoms with Crippen molar-refractivity contribution < 1.29 is 13.9 Å². The molecule has 3 nitrogen and oxygen atoms in total. The summed E-state index contributed by atoms with van der Waals surface area (Å²) in [5.41, 5.74) is 1.29. The highest BCUT2D eigenvalue weighted by Gasteiger charge is 2.32. The summed E-state index contributed by atoms with van der Waals surface area (Å²) >= 11 is 0. The van der Waals surface area contributed by atoms with Crippen LogP contribution in [-0.2, 0) is 4.74 Å². The first kappa shape index (κ1) is 11.4. The fourth-order valence-electron chi connectivity index (χ4n) is 2.58.